The van der Waals surface area contributed by atoms with Crippen molar-refractivity contribution in [2.45, 2.75) is 25.8 Å². The fourth-order valence-corrected chi connectivity index (χ4v) is 3.04. The summed E-state index contributed by atoms with van der Waals surface area (Å²) in [5.41, 5.74) is 1.63. The fourth-order valence-electron chi connectivity index (χ4n) is 3.04. The van der Waals surface area contributed by atoms with Crippen LogP contribution in [0.15, 0.2) is 67.0 Å². The number of carbonyl (C=O) groups is 2. The molecule has 3 rings (SSSR count). The molecule has 1 unspecified atom stereocenters. The number of aryl methyl sites for hydroxylation is 1. The van der Waals surface area contributed by atoms with E-state index < -0.39 is 0 Å². The maximum atomic E-state index is 12.5. The summed E-state index contributed by atoms with van der Waals surface area (Å²) in [5.74, 6) is 1.43. The number of ether oxygens (including phenoxy) is 1. The highest BCUT2D eigenvalue weighted by Crippen LogP contribution is 2.20. The van der Waals surface area contributed by atoms with Gasteiger partial charge in [-0.05, 0) is 43.2 Å². The van der Waals surface area contributed by atoms with Crippen LogP contribution in [0.5, 0.6) is 5.75 Å². The molecule has 0 bridgehead atoms. The lowest BCUT2D eigenvalue weighted by atomic mass is 10.1. The molecular formula is C23H25N3O3. The summed E-state index contributed by atoms with van der Waals surface area (Å²) in [6.45, 7) is 1.95. The van der Waals surface area contributed by atoms with Crippen molar-refractivity contribution in [2.75, 3.05) is 6.61 Å². The van der Waals surface area contributed by atoms with Gasteiger partial charge in [-0.25, -0.2) is 4.98 Å². The van der Waals surface area contributed by atoms with Crippen molar-refractivity contribution in [2.24, 2.45) is 7.05 Å². The van der Waals surface area contributed by atoms with Crippen molar-refractivity contribution >= 4 is 11.7 Å². The molecule has 1 amide bonds. The quantitative estimate of drug-likeness (QED) is 0.446. The number of imidazole rings is 1. The molecule has 1 atom stereocenters. The minimum atomic E-state index is -0.302. The van der Waals surface area contributed by atoms with E-state index in [4.69, 9.17) is 4.74 Å². The molecule has 0 aliphatic heterocycles. The van der Waals surface area contributed by atoms with Gasteiger partial charge in [-0.1, -0.05) is 30.3 Å². The Balaban J connectivity index is 1.53. The van der Waals surface area contributed by atoms with Gasteiger partial charge in [0.2, 0.25) is 5.91 Å². The van der Waals surface area contributed by atoms with E-state index in [9.17, 15) is 9.59 Å². The molecule has 0 fully saturated rings. The lowest BCUT2D eigenvalue weighted by molar-refractivity contribution is -0.121. The second-order valence-corrected chi connectivity index (χ2v) is 6.84. The summed E-state index contributed by atoms with van der Waals surface area (Å²) in [4.78, 5) is 28.2. The van der Waals surface area contributed by atoms with Gasteiger partial charge in [-0.2, -0.15) is 0 Å². The van der Waals surface area contributed by atoms with E-state index in [1.165, 1.54) is 6.92 Å². The van der Waals surface area contributed by atoms with Gasteiger partial charge >= 0.3 is 0 Å². The van der Waals surface area contributed by atoms with Gasteiger partial charge in [-0.15, -0.1) is 0 Å². The van der Waals surface area contributed by atoms with E-state index in [-0.39, 0.29) is 17.7 Å². The van der Waals surface area contributed by atoms with Gasteiger partial charge in [0.15, 0.2) is 5.78 Å². The van der Waals surface area contributed by atoms with Crippen LogP contribution in [0.4, 0.5) is 0 Å². The van der Waals surface area contributed by atoms with E-state index in [0.29, 0.717) is 30.8 Å². The highest BCUT2D eigenvalue weighted by molar-refractivity contribution is 5.94. The number of hydrogen-bond acceptors (Lipinski definition) is 4. The van der Waals surface area contributed by atoms with Gasteiger partial charge in [0, 0.05) is 31.4 Å². The Kier molecular flexibility index (Phi) is 6.79. The fraction of sp³-hybridized carbons (Fsp3) is 0.261. The molecule has 0 saturated carbocycles. The predicted molar refractivity (Wildman–Crippen MR) is 111 cm³/mol. The van der Waals surface area contributed by atoms with Gasteiger partial charge < -0.3 is 14.6 Å². The average Bonchev–Trinajstić information content (AvgIpc) is 3.16. The number of Topliss-reactive ketones (excluding diaryl/α,β-unsaturated/α-hetero) is 1. The molecule has 3 aromatic rings. The smallest absolute Gasteiger partial charge is 0.220 e. The van der Waals surface area contributed by atoms with Crippen molar-refractivity contribution in [3.8, 4) is 5.75 Å². The molecule has 0 spiro atoms. The molecule has 1 N–H and O–H groups in total. The maximum Gasteiger partial charge on any atom is 0.220 e. The van der Waals surface area contributed by atoms with Crippen LogP contribution in [-0.4, -0.2) is 27.8 Å². The minimum absolute atomic E-state index is 0.0221. The highest BCUT2D eigenvalue weighted by Gasteiger charge is 2.20. The Labute approximate surface area is 170 Å². The highest BCUT2D eigenvalue weighted by atomic mass is 16.5. The minimum Gasteiger partial charge on any atom is -0.494 e. The molecule has 0 aliphatic rings. The first-order valence-corrected chi connectivity index (χ1v) is 9.60. The number of benzene rings is 2. The van der Waals surface area contributed by atoms with Crippen molar-refractivity contribution in [3.05, 3.63) is 83.9 Å². The number of nitrogens with zero attached hydrogens (tertiary/aromatic N) is 2. The molecule has 0 radical (unpaired) electrons. The lowest BCUT2D eigenvalue weighted by Gasteiger charge is -2.19. The molecule has 0 saturated heterocycles. The van der Waals surface area contributed by atoms with E-state index in [0.717, 1.165) is 11.4 Å². The number of carbonyl (C=O) groups excluding carboxylic acids is 2. The van der Waals surface area contributed by atoms with Crippen molar-refractivity contribution < 1.29 is 14.3 Å². The standard InChI is InChI=1S/C23H25N3O3/c1-17(27)18-10-12-20(13-11-18)29-16-6-9-21(28)25-22(19-7-4-3-5-8-19)23-24-14-15-26(23)2/h3-5,7-8,10-15,22H,6,9,16H2,1-2H3,(H,25,28). The number of ketones is 1. The van der Waals surface area contributed by atoms with Crippen LogP contribution >= 0.6 is 0 Å². The van der Waals surface area contributed by atoms with Gasteiger partial charge in [-0.3, -0.25) is 9.59 Å². The first-order chi connectivity index (χ1) is 14.0. The number of aromatic nitrogens is 2. The summed E-state index contributed by atoms with van der Waals surface area (Å²) < 4.78 is 7.57. The van der Waals surface area contributed by atoms with Crippen molar-refractivity contribution in [1.29, 1.82) is 0 Å². The zero-order chi connectivity index (χ0) is 20.6. The van der Waals surface area contributed by atoms with E-state index in [2.05, 4.69) is 10.3 Å². The SMILES string of the molecule is CC(=O)c1ccc(OCCCC(=O)NC(c2ccccc2)c2nccn2C)cc1. The Morgan fingerprint density at radius 2 is 1.83 bits per heavy atom. The molecule has 2 aromatic carbocycles. The molecule has 29 heavy (non-hydrogen) atoms. The normalized spacial score (nSPS) is 11.7. The van der Waals surface area contributed by atoms with Crippen molar-refractivity contribution in [3.63, 3.8) is 0 Å². The topological polar surface area (TPSA) is 73.2 Å². The Hall–Kier alpha value is -3.41. The summed E-state index contributed by atoms with van der Waals surface area (Å²) in [6.07, 6.45) is 4.52. The molecule has 1 heterocycles. The Morgan fingerprint density at radius 3 is 2.45 bits per heavy atom. The second-order valence-electron chi connectivity index (χ2n) is 6.84. The molecule has 6 heteroatoms. The first-order valence-electron chi connectivity index (χ1n) is 9.60. The van der Waals surface area contributed by atoms with Crippen LogP contribution in [0, 0.1) is 0 Å². The van der Waals surface area contributed by atoms with E-state index >= 15 is 0 Å². The monoisotopic (exact) mass is 391 g/mol. The summed E-state index contributed by atoms with van der Waals surface area (Å²) in [7, 11) is 1.91. The van der Waals surface area contributed by atoms with Crippen LogP contribution in [-0.2, 0) is 11.8 Å². The number of amides is 1. The number of nitrogens with one attached hydrogen (secondary N) is 1. The molecule has 6 nitrogen and oxygen atoms in total. The largest absolute Gasteiger partial charge is 0.494 e. The van der Waals surface area contributed by atoms with Crippen LogP contribution in [0.3, 0.4) is 0 Å². The van der Waals surface area contributed by atoms with Crippen LogP contribution in [0.25, 0.3) is 0 Å². The Morgan fingerprint density at radius 1 is 1.10 bits per heavy atom. The Bertz CT molecular complexity index is 949. The van der Waals surface area contributed by atoms with Crippen molar-refractivity contribution in [1.82, 2.24) is 14.9 Å². The van der Waals surface area contributed by atoms with Gasteiger partial charge in [0.05, 0.1) is 6.61 Å². The van der Waals surface area contributed by atoms with E-state index in [1.54, 1.807) is 30.5 Å². The molecular weight excluding hydrogens is 366 g/mol. The lowest BCUT2D eigenvalue weighted by Crippen LogP contribution is -2.31. The summed E-state index contributed by atoms with van der Waals surface area (Å²) in [5, 5.41) is 3.08. The van der Waals surface area contributed by atoms with Gasteiger partial charge in [0.1, 0.15) is 17.6 Å². The number of rotatable bonds is 9. The molecule has 150 valence electrons. The first kappa shape index (κ1) is 20.3. The zero-order valence-corrected chi connectivity index (χ0v) is 16.7. The third kappa shape index (κ3) is 5.54. The maximum absolute atomic E-state index is 12.5. The number of hydrogen-bond donors (Lipinski definition) is 1. The average molecular weight is 391 g/mol. The van der Waals surface area contributed by atoms with Crippen LogP contribution in [0.2, 0.25) is 0 Å². The van der Waals surface area contributed by atoms with E-state index in [1.807, 2.05) is 48.1 Å². The molecule has 1 aromatic heterocycles. The zero-order valence-electron chi connectivity index (χ0n) is 16.7. The summed E-state index contributed by atoms with van der Waals surface area (Å²) in [6, 6.07) is 16.5. The predicted octanol–water partition coefficient (Wildman–Crippen LogP) is 3.69. The third-order valence-corrected chi connectivity index (χ3v) is 4.63. The third-order valence-electron chi connectivity index (χ3n) is 4.63. The van der Waals surface area contributed by atoms with Gasteiger partial charge in [0.25, 0.3) is 0 Å². The second kappa shape index (κ2) is 9.68. The van der Waals surface area contributed by atoms with Crippen LogP contribution in [0.1, 0.15) is 47.6 Å². The van der Waals surface area contributed by atoms with Crippen LogP contribution < -0.4 is 10.1 Å². The summed E-state index contributed by atoms with van der Waals surface area (Å²) >= 11 is 0. The molecule has 0 aliphatic carbocycles.